The molecule has 1 aromatic carbocycles. The van der Waals surface area contributed by atoms with Gasteiger partial charge in [-0.3, -0.25) is 9.59 Å². The van der Waals surface area contributed by atoms with Gasteiger partial charge in [-0.1, -0.05) is 12.1 Å². The molecule has 118 valence electrons. The van der Waals surface area contributed by atoms with Gasteiger partial charge in [0.15, 0.2) is 6.61 Å². The van der Waals surface area contributed by atoms with Gasteiger partial charge in [0.05, 0.1) is 0 Å². The smallest absolute Gasteiger partial charge is 0.357 e. The number of carbonyl (C=O) groups is 3. The first kappa shape index (κ1) is 16.2. The number of pyridine rings is 1. The average Bonchev–Trinajstić information content (AvgIpc) is 2.53. The number of ether oxygens (including phenoxy) is 1. The van der Waals surface area contributed by atoms with E-state index in [0.717, 1.165) is 0 Å². The zero-order valence-corrected chi connectivity index (χ0v) is 12.4. The minimum absolute atomic E-state index is 0.132. The first-order chi connectivity index (χ1) is 11.0. The summed E-state index contributed by atoms with van der Waals surface area (Å²) in [5.74, 6) is -1.38. The van der Waals surface area contributed by atoms with E-state index in [4.69, 9.17) is 4.74 Å². The summed E-state index contributed by atoms with van der Waals surface area (Å²) in [5, 5.41) is 5.18. The topological polar surface area (TPSA) is 97.4 Å². The Labute approximate surface area is 132 Å². The third kappa shape index (κ3) is 5.24. The second-order valence-corrected chi connectivity index (χ2v) is 4.60. The number of rotatable bonds is 5. The van der Waals surface area contributed by atoms with E-state index in [0.29, 0.717) is 11.4 Å². The Balaban J connectivity index is 1.87. The van der Waals surface area contributed by atoms with Crippen molar-refractivity contribution < 1.29 is 19.1 Å². The van der Waals surface area contributed by atoms with Gasteiger partial charge in [-0.05, 0) is 30.3 Å². The quantitative estimate of drug-likeness (QED) is 0.821. The molecule has 2 aromatic rings. The molecule has 2 amide bonds. The molecule has 0 aliphatic carbocycles. The Morgan fingerprint density at radius 1 is 1.04 bits per heavy atom. The summed E-state index contributed by atoms with van der Waals surface area (Å²) in [4.78, 5) is 38.3. The van der Waals surface area contributed by atoms with Gasteiger partial charge in [0.1, 0.15) is 5.69 Å². The van der Waals surface area contributed by atoms with Crippen LogP contribution in [0.2, 0.25) is 0 Å². The highest BCUT2D eigenvalue weighted by Crippen LogP contribution is 2.14. The molecule has 0 fully saturated rings. The van der Waals surface area contributed by atoms with E-state index in [1.807, 2.05) is 0 Å². The van der Waals surface area contributed by atoms with Gasteiger partial charge in [-0.2, -0.15) is 0 Å². The van der Waals surface area contributed by atoms with E-state index in [-0.39, 0.29) is 11.6 Å². The number of nitrogens with zero attached hydrogens (tertiary/aromatic N) is 1. The fraction of sp³-hybridized carbons (Fsp3) is 0.125. The maximum absolute atomic E-state index is 11.8. The second-order valence-electron chi connectivity index (χ2n) is 4.60. The van der Waals surface area contributed by atoms with Crippen molar-refractivity contribution in [3.8, 4) is 0 Å². The third-order valence-corrected chi connectivity index (χ3v) is 2.68. The number of esters is 1. The van der Waals surface area contributed by atoms with Gasteiger partial charge in [-0.15, -0.1) is 0 Å². The lowest BCUT2D eigenvalue weighted by Crippen LogP contribution is -2.21. The van der Waals surface area contributed by atoms with Crippen LogP contribution in [0.25, 0.3) is 0 Å². The number of hydrogen-bond donors (Lipinski definition) is 2. The molecule has 0 aliphatic heterocycles. The summed E-state index contributed by atoms with van der Waals surface area (Å²) in [5.41, 5.74) is 1.17. The molecular formula is C16H15N3O4. The molecule has 0 unspecified atom stereocenters. The zero-order valence-electron chi connectivity index (χ0n) is 12.4. The molecule has 0 atom stereocenters. The molecule has 0 radical (unpaired) electrons. The van der Waals surface area contributed by atoms with Crippen LogP contribution in [0.5, 0.6) is 0 Å². The van der Waals surface area contributed by atoms with Crippen molar-refractivity contribution in [2.24, 2.45) is 0 Å². The van der Waals surface area contributed by atoms with Crippen LogP contribution in [0, 0.1) is 0 Å². The Hall–Kier alpha value is -3.22. The molecule has 1 aromatic heterocycles. The molecule has 2 rings (SSSR count). The van der Waals surface area contributed by atoms with Gasteiger partial charge >= 0.3 is 5.97 Å². The van der Waals surface area contributed by atoms with E-state index >= 15 is 0 Å². The Morgan fingerprint density at radius 2 is 1.78 bits per heavy atom. The lowest BCUT2D eigenvalue weighted by atomic mass is 10.2. The first-order valence-electron chi connectivity index (χ1n) is 6.80. The van der Waals surface area contributed by atoms with Crippen LogP contribution in [0.15, 0.2) is 48.7 Å². The van der Waals surface area contributed by atoms with E-state index in [2.05, 4.69) is 15.6 Å². The predicted octanol–water partition coefficient (Wildman–Crippen LogP) is 1.84. The maximum Gasteiger partial charge on any atom is 0.357 e. The standard InChI is InChI=1S/C16H15N3O4/c1-11(20)18-12-5-4-6-13(9-12)19-15(21)10-23-16(22)14-7-2-3-8-17-14/h2-9H,10H2,1H3,(H,18,20)(H,19,21). The summed E-state index contributed by atoms with van der Waals surface area (Å²) in [7, 11) is 0. The van der Waals surface area contributed by atoms with Crippen molar-refractivity contribution in [3.05, 3.63) is 54.4 Å². The number of carbonyl (C=O) groups excluding carboxylic acids is 3. The van der Waals surface area contributed by atoms with Crippen molar-refractivity contribution >= 4 is 29.2 Å². The van der Waals surface area contributed by atoms with Gasteiger partial charge in [0.2, 0.25) is 5.91 Å². The summed E-state index contributed by atoms with van der Waals surface area (Å²) >= 11 is 0. The summed E-state index contributed by atoms with van der Waals surface area (Å²) in [6.07, 6.45) is 1.46. The predicted molar refractivity (Wildman–Crippen MR) is 83.9 cm³/mol. The number of hydrogen-bond acceptors (Lipinski definition) is 5. The van der Waals surface area contributed by atoms with Gasteiger partial charge in [0, 0.05) is 24.5 Å². The monoisotopic (exact) mass is 313 g/mol. The summed E-state index contributed by atoms with van der Waals surface area (Å²) in [6, 6.07) is 11.4. The Morgan fingerprint density at radius 3 is 2.43 bits per heavy atom. The maximum atomic E-state index is 11.8. The van der Waals surface area contributed by atoms with Crippen LogP contribution in [0.4, 0.5) is 11.4 Å². The van der Waals surface area contributed by atoms with Gasteiger partial charge in [-0.25, -0.2) is 9.78 Å². The van der Waals surface area contributed by atoms with E-state index < -0.39 is 18.5 Å². The molecule has 7 nitrogen and oxygen atoms in total. The highest BCUT2D eigenvalue weighted by molar-refractivity contribution is 5.96. The fourth-order valence-electron chi connectivity index (χ4n) is 1.76. The normalized spacial score (nSPS) is 9.78. The molecule has 0 saturated carbocycles. The Kier molecular flexibility index (Phi) is 5.40. The van der Waals surface area contributed by atoms with Crippen molar-refractivity contribution in [1.82, 2.24) is 4.98 Å². The van der Waals surface area contributed by atoms with Crippen LogP contribution in [-0.4, -0.2) is 29.4 Å². The molecule has 0 saturated heterocycles. The van der Waals surface area contributed by atoms with Crippen LogP contribution >= 0.6 is 0 Å². The van der Waals surface area contributed by atoms with Crippen LogP contribution in [-0.2, 0) is 14.3 Å². The largest absolute Gasteiger partial charge is 0.451 e. The third-order valence-electron chi connectivity index (χ3n) is 2.68. The van der Waals surface area contributed by atoms with E-state index in [9.17, 15) is 14.4 Å². The number of aromatic nitrogens is 1. The number of anilines is 2. The van der Waals surface area contributed by atoms with Crippen molar-refractivity contribution in [2.75, 3.05) is 17.2 Å². The lowest BCUT2D eigenvalue weighted by Gasteiger charge is -2.08. The molecule has 0 spiro atoms. The second kappa shape index (κ2) is 7.69. The first-order valence-corrected chi connectivity index (χ1v) is 6.80. The fourth-order valence-corrected chi connectivity index (χ4v) is 1.76. The van der Waals surface area contributed by atoms with Crippen LogP contribution in [0.1, 0.15) is 17.4 Å². The van der Waals surface area contributed by atoms with Crippen molar-refractivity contribution in [3.63, 3.8) is 0 Å². The van der Waals surface area contributed by atoms with Crippen molar-refractivity contribution in [1.29, 1.82) is 0 Å². The zero-order chi connectivity index (χ0) is 16.7. The molecule has 1 heterocycles. The highest BCUT2D eigenvalue weighted by atomic mass is 16.5. The molecular weight excluding hydrogens is 298 g/mol. The molecule has 7 heteroatoms. The van der Waals surface area contributed by atoms with Gasteiger partial charge < -0.3 is 15.4 Å². The lowest BCUT2D eigenvalue weighted by molar-refractivity contribution is -0.119. The average molecular weight is 313 g/mol. The summed E-state index contributed by atoms with van der Waals surface area (Å²) in [6.45, 7) is 0.960. The molecule has 23 heavy (non-hydrogen) atoms. The van der Waals surface area contributed by atoms with Crippen LogP contribution in [0.3, 0.4) is 0 Å². The minimum atomic E-state index is -0.673. The number of amides is 2. The SMILES string of the molecule is CC(=O)Nc1cccc(NC(=O)COC(=O)c2ccccn2)c1. The highest BCUT2D eigenvalue weighted by Gasteiger charge is 2.11. The van der Waals surface area contributed by atoms with Crippen LogP contribution < -0.4 is 10.6 Å². The number of benzene rings is 1. The molecule has 2 N–H and O–H groups in total. The molecule has 0 aliphatic rings. The molecule has 0 bridgehead atoms. The summed E-state index contributed by atoms with van der Waals surface area (Å²) < 4.78 is 4.87. The van der Waals surface area contributed by atoms with E-state index in [1.54, 1.807) is 36.4 Å². The van der Waals surface area contributed by atoms with Crippen molar-refractivity contribution in [2.45, 2.75) is 6.92 Å². The van der Waals surface area contributed by atoms with E-state index in [1.165, 1.54) is 19.2 Å². The number of nitrogens with one attached hydrogen (secondary N) is 2. The Bertz CT molecular complexity index is 716. The van der Waals surface area contributed by atoms with Gasteiger partial charge in [0.25, 0.3) is 5.91 Å². The minimum Gasteiger partial charge on any atom is -0.451 e.